The molecule has 3 heterocycles. The summed E-state index contributed by atoms with van der Waals surface area (Å²) < 4.78 is 91.1. The number of likely N-dealkylation sites (tertiary alicyclic amines) is 1. The fraction of sp³-hybridized carbons (Fsp3) is 0.448. The van der Waals surface area contributed by atoms with Crippen molar-refractivity contribution in [1.82, 2.24) is 20.3 Å². The number of sulfonamides is 1. The topological polar surface area (TPSA) is 144 Å². The molecule has 2 aliphatic rings. The quantitative estimate of drug-likeness (QED) is 0.184. The number of hydrogen-bond donors (Lipinski definition) is 3. The molecular formula is C29H33F3N6O6S. The molecule has 1 saturated carbocycles. The van der Waals surface area contributed by atoms with Crippen molar-refractivity contribution in [2.45, 2.75) is 48.6 Å². The van der Waals surface area contributed by atoms with Crippen molar-refractivity contribution in [1.29, 1.82) is 0 Å². The Morgan fingerprint density at radius 2 is 1.71 bits per heavy atom. The Kier molecular flexibility index (Phi) is 8.20. The summed E-state index contributed by atoms with van der Waals surface area (Å²) in [4.78, 5) is 1.07. The number of H-pyrrole nitrogens is 1. The molecule has 2 aromatic heterocycles. The highest BCUT2D eigenvalue weighted by Gasteiger charge is 2.35. The number of benzene rings is 2. The Balaban J connectivity index is 1.27. The van der Waals surface area contributed by atoms with Crippen molar-refractivity contribution >= 4 is 38.3 Å². The molecule has 3 N–H and O–H groups in total. The molecule has 0 bridgehead atoms. The zero-order valence-corrected chi connectivity index (χ0v) is 25.6. The van der Waals surface area contributed by atoms with Crippen LogP contribution in [0.1, 0.15) is 48.8 Å². The van der Waals surface area contributed by atoms with E-state index in [1.807, 2.05) is 6.07 Å². The molecule has 1 aliphatic carbocycles. The van der Waals surface area contributed by atoms with Crippen LogP contribution in [-0.2, 0) is 10.0 Å². The summed E-state index contributed by atoms with van der Waals surface area (Å²) in [5.74, 6) is 1.08. The van der Waals surface area contributed by atoms with Crippen molar-refractivity contribution in [3.8, 4) is 17.2 Å². The second-order valence-corrected chi connectivity index (χ2v) is 12.9. The normalized spacial score (nSPS) is 17.8. The molecular weight excluding hydrogens is 617 g/mol. The van der Waals surface area contributed by atoms with E-state index in [4.69, 9.17) is 18.7 Å². The number of nitrogens with one attached hydrogen (secondary N) is 3. The lowest BCUT2D eigenvalue weighted by Gasteiger charge is -2.33. The molecule has 2 fully saturated rings. The number of methoxy groups -OCH3 is 3. The van der Waals surface area contributed by atoms with Crippen LogP contribution in [0, 0.1) is 0 Å². The number of nitrogens with zero attached hydrogens (tertiary/aromatic N) is 3. The first kappa shape index (κ1) is 30.8. The van der Waals surface area contributed by atoms with Gasteiger partial charge >= 0.3 is 6.18 Å². The molecule has 12 nitrogen and oxygen atoms in total. The fourth-order valence-electron chi connectivity index (χ4n) is 5.75. The van der Waals surface area contributed by atoms with Crippen molar-refractivity contribution < 1.29 is 40.3 Å². The molecule has 0 radical (unpaired) electrons. The minimum Gasteiger partial charge on any atom is -0.495 e. The van der Waals surface area contributed by atoms with Gasteiger partial charge in [0.05, 0.1) is 38.9 Å². The molecule has 0 unspecified atom stereocenters. The van der Waals surface area contributed by atoms with Crippen LogP contribution in [0.3, 0.4) is 0 Å². The molecule has 1 atom stereocenters. The van der Waals surface area contributed by atoms with Gasteiger partial charge in [0.25, 0.3) is 10.0 Å². The number of alkyl halides is 3. The summed E-state index contributed by atoms with van der Waals surface area (Å²) in [5.41, 5.74) is 2.49. The Hall–Kier alpha value is -4.18. The molecule has 242 valence electrons. The van der Waals surface area contributed by atoms with Gasteiger partial charge in [0, 0.05) is 30.3 Å². The van der Waals surface area contributed by atoms with Crippen LogP contribution in [0.15, 0.2) is 39.8 Å². The first-order chi connectivity index (χ1) is 21.5. The van der Waals surface area contributed by atoms with Gasteiger partial charge in [-0.25, -0.2) is 8.42 Å². The summed E-state index contributed by atoms with van der Waals surface area (Å²) >= 11 is 0. The Morgan fingerprint density at radius 1 is 1.00 bits per heavy atom. The minimum absolute atomic E-state index is 0.0220. The van der Waals surface area contributed by atoms with Crippen molar-refractivity contribution in [2.75, 3.05) is 51.0 Å². The monoisotopic (exact) mass is 650 g/mol. The van der Waals surface area contributed by atoms with Crippen LogP contribution >= 0.6 is 0 Å². The average Bonchev–Trinajstić information content (AvgIpc) is 3.64. The predicted molar refractivity (Wildman–Crippen MR) is 159 cm³/mol. The van der Waals surface area contributed by atoms with E-state index in [2.05, 4.69) is 25.4 Å². The molecule has 1 saturated heterocycles. The van der Waals surface area contributed by atoms with Crippen molar-refractivity contribution in [3.05, 3.63) is 41.6 Å². The van der Waals surface area contributed by atoms with Gasteiger partial charge < -0.3 is 24.1 Å². The van der Waals surface area contributed by atoms with Gasteiger partial charge in [-0.1, -0.05) is 5.16 Å². The number of piperidine rings is 1. The third-order valence-corrected chi connectivity index (χ3v) is 9.43. The molecule has 0 spiro atoms. The molecule has 6 rings (SSSR count). The molecule has 45 heavy (non-hydrogen) atoms. The smallest absolute Gasteiger partial charge is 0.401 e. The van der Waals surface area contributed by atoms with E-state index in [0.29, 0.717) is 53.5 Å². The predicted octanol–water partition coefficient (Wildman–Crippen LogP) is 5.74. The van der Waals surface area contributed by atoms with E-state index in [-0.39, 0.29) is 40.3 Å². The third-order valence-electron chi connectivity index (χ3n) is 8.03. The SMILES string of the molecule is COc1cc2c(NS(=O)(=O)c3c(OC)cc([C@@H]4CCCN(CC(F)(F)F)C4)cc3OC)noc2cc1Nc1cc(C2CC2)[nH]n1. The Bertz CT molecular complexity index is 1780. The summed E-state index contributed by atoms with van der Waals surface area (Å²) in [6, 6.07) is 8.22. The van der Waals surface area contributed by atoms with E-state index >= 15 is 0 Å². The molecule has 1 aliphatic heterocycles. The average molecular weight is 651 g/mol. The van der Waals surface area contributed by atoms with Crippen LogP contribution in [0.5, 0.6) is 17.2 Å². The van der Waals surface area contributed by atoms with Crippen molar-refractivity contribution in [3.63, 3.8) is 0 Å². The second-order valence-electron chi connectivity index (χ2n) is 11.2. The number of halogens is 3. The van der Waals surface area contributed by atoms with Gasteiger partial charge in [-0.3, -0.25) is 14.7 Å². The summed E-state index contributed by atoms with van der Waals surface area (Å²) in [5, 5.41) is 14.8. The summed E-state index contributed by atoms with van der Waals surface area (Å²) in [6.45, 7) is -0.507. The van der Waals surface area contributed by atoms with E-state index in [1.165, 1.54) is 38.4 Å². The number of aromatic nitrogens is 3. The largest absolute Gasteiger partial charge is 0.495 e. The lowest BCUT2D eigenvalue weighted by Crippen LogP contribution is -2.40. The second kappa shape index (κ2) is 12.0. The van der Waals surface area contributed by atoms with Crippen LogP contribution < -0.4 is 24.2 Å². The van der Waals surface area contributed by atoms with Crippen LogP contribution in [-0.4, -0.2) is 75.8 Å². The number of fused-ring (bicyclic) bond motifs is 1. The van der Waals surface area contributed by atoms with Crippen molar-refractivity contribution in [2.24, 2.45) is 0 Å². The maximum absolute atomic E-state index is 13.8. The van der Waals surface area contributed by atoms with Gasteiger partial charge in [-0.2, -0.15) is 18.3 Å². The van der Waals surface area contributed by atoms with E-state index < -0.39 is 22.7 Å². The molecule has 4 aromatic rings. The van der Waals surface area contributed by atoms with Gasteiger partial charge in [-0.05, 0) is 61.9 Å². The van der Waals surface area contributed by atoms with Crippen LogP contribution in [0.2, 0.25) is 0 Å². The van der Waals surface area contributed by atoms with Gasteiger partial charge in [-0.15, -0.1) is 0 Å². The zero-order chi connectivity index (χ0) is 31.9. The fourth-order valence-corrected chi connectivity index (χ4v) is 7.07. The van der Waals surface area contributed by atoms with E-state index in [1.54, 1.807) is 12.1 Å². The first-order valence-electron chi connectivity index (χ1n) is 14.4. The van der Waals surface area contributed by atoms with Crippen LogP contribution in [0.25, 0.3) is 11.0 Å². The maximum Gasteiger partial charge on any atom is 0.401 e. The Morgan fingerprint density at radius 3 is 2.36 bits per heavy atom. The van der Waals surface area contributed by atoms with Gasteiger partial charge in [0.1, 0.15) is 17.2 Å². The maximum atomic E-state index is 13.8. The number of anilines is 3. The van der Waals surface area contributed by atoms with E-state index in [0.717, 1.165) is 18.5 Å². The van der Waals surface area contributed by atoms with Gasteiger partial charge in [0.15, 0.2) is 22.1 Å². The van der Waals surface area contributed by atoms with Gasteiger partial charge in [0.2, 0.25) is 0 Å². The highest BCUT2D eigenvalue weighted by molar-refractivity contribution is 7.93. The minimum atomic E-state index is -4.37. The number of rotatable bonds is 11. The highest BCUT2D eigenvalue weighted by atomic mass is 32.2. The first-order valence-corrected chi connectivity index (χ1v) is 15.8. The summed E-state index contributed by atoms with van der Waals surface area (Å²) in [7, 11) is -0.267. The lowest BCUT2D eigenvalue weighted by atomic mass is 9.90. The third kappa shape index (κ3) is 6.61. The van der Waals surface area contributed by atoms with E-state index in [9.17, 15) is 21.6 Å². The molecule has 2 aromatic carbocycles. The zero-order valence-electron chi connectivity index (χ0n) is 24.8. The number of ether oxygens (including phenoxy) is 3. The molecule has 16 heteroatoms. The number of hydrogen-bond acceptors (Lipinski definition) is 10. The standard InChI is InChI=1S/C29H33F3N6O6S/c1-41-23-11-19-22(12-21(23)33-26-13-20(34-35-26)16-6-7-16)44-36-28(19)37-45(39,40)27-24(42-2)9-18(10-25(27)43-3)17-5-4-8-38(14-17)15-29(30,31)32/h9-13,16-17H,4-8,14-15H2,1-3H3,(H,36,37)(H2,33,34,35)/t17-/m1/s1. The summed E-state index contributed by atoms with van der Waals surface area (Å²) in [6.07, 6.45) is -0.861. The Labute approximate surface area is 257 Å². The molecule has 0 amide bonds. The highest BCUT2D eigenvalue weighted by Crippen LogP contribution is 2.43. The van der Waals surface area contributed by atoms with Crippen LogP contribution in [0.4, 0.5) is 30.5 Å². The lowest BCUT2D eigenvalue weighted by molar-refractivity contribution is -0.148. The number of aromatic amines is 1.